The number of unbranched alkanes of at least 4 members (excludes halogenated alkanes) is 1. The van der Waals surface area contributed by atoms with E-state index in [-0.39, 0.29) is 6.10 Å². The highest BCUT2D eigenvalue weighted by Gasteiger charge is 1.96. The summed E-state index contributed by atoms with van der Waals surface area (Å²) >= 11 is 0. The summed E-state index contributed by atoms with van der Waals surface area (Å²) < 4.78 is 0. The fraction of sp³-hybridized carbons (Fsp3) is 0.400. The molecule has 2 N–H and O–H groups in total. The summed E-state index contributed by atoms with van der Waals surface area (Å²) in [6.07, 6.45) is 6.62. The summed E-state index contributed by atoms with van der Waals surface area (Å²) in [6.45, 7) is 3.22. The fourth-order valence-electron chi connectivity index (χ4n) is 1.30. The molecule has 0 fully saturated rings. The van der Waals surface area contributed by atoms with Crippen LogP contribution in [0.3, 0.4) is 0 Å². The molecule has 100 valence electrons. The second kappa shape index (κ2) is 10.5. The summed E-state index contributed by atoms with van der Waals surface area (Å²) in [5, 5.41) is 17.0. The van der Waals surface area contributed by atoms with Crippen molar-refractivity contribution in [2.45, 2.75) is 39.2 Å². The van der Waals surface area contributed by atoms with Gasteiger partial charge in [0.2, 0.25) is 0 Å². The molecule has 0 bridgehead atoms. The molecule has 0 aliphatic carbocycles. The normalized spacial score (nSPS) is 11.7. The second-order valence-electron chi connectivity index (χ2n) is 4.00. The maximum Gasteiger partial charge on any atom is 0.300 e. The molecule has 0 aliphatic heterocycles. The number of carboxylic acids is 1. The third-order valence-electron chi connectivity index (χ3n) is 2.16. The van der Waals surface area contributed by atoms with E-state index in [1.807, 2.05) is 42.5 Å². The van der Waals surface area contributed by atoms with Crippen molar-refractivity contribution in [3.63, 3.8) is 0 Å². The zero-order chi connectivity index (χ0) is 13.8. The first-order chi connectivity index (χ1) is 8.56. The van der Waals surface area contributed by atoms with Crippen molar-refractivity contribution in [3.05, 3.63) is 42.0 Å². The van der Waals surface area contributed by atoms with Crippen LogP contribution in [0.15, 0.2) is 36.4 Å². The smallest absolute Gasteiger partial charge is 0.300 e. The molecule has 0 saturated carbocycles. The summed E-state index contributed by atoms with van der Waals surface area (Å²) in [5.74, 6) is -0.833. The average molecular weight is 250 g/mol. The van der Waals surface area contributed by atoms with Crippen LogP contribution >= 0.6 is 0 Å². The third-order valence-corrected chi connectivity index (χ3v) is 2.16. The van der Waals surface area contributed by atoms with Gasteiger partial charge in [0, 0.05) is 6.92 Å². The number of hydrogen-bond acceptors (Lipinski definition) is 2. The first-order valence-electron chi connectivity index (χ1n) is 6.17. The zero-order valence-electron chi connectivity index (χ0n) is 11.0. The average Bonchev–Trinajstić information content (AvgIpc) is 2.34. The van der Waals surface area contributed by atoms with Crippen LogP contribution in [0.4, 0.5) is 0 Å². The van der Waals surface area contributed by atoms with Gasteiger partial charge in [-0.15, -0.1) is 0 Å². The number of carboxylic acid groups (broad SMARTS) is 1. The third kappa shape index (κ3) is 10.9. The molecule has 0 aromatic heterocycles. The van der Waals surface area contributed by atoms with Gasteiger partial charge in [-0.2, -0.15) is 0 Å². The predicted octanol–water partition coefficient (Wildman–Crippen LogP) is 3.34. The molecule has 1 aromatic rings. The Balaban J connectivity index is 0.000000631. The lowest BCUT2D eigenvalue weighted by molar-refractivity contribution is -0.134. The Kier molecular flexibility index (Phi) is 9.60. The van der Waals surface area contributed by atoms with Crippen LogP contribution in [0.2, 0.25) is 0 Å². The predicted molar refractivity (Wildman–Crippen MR) is 74.3 cm³/mol. The Morgan fingerprint density at radius 2 is 1.89 bits per heavy atom. The minimum atomic E-state index is -0.833. The van der Waals surface area contributed by atoms with Crippen LogP contribution in [0.1, 0.15) is 38.7 Å². The molecule has 0 heterocycles. The van der Waals surface area contributed by atoms with Crippen molar-refractivity contribution in [3.8, 4) is 0 Å². The van der Waals surface area contributed by atoms with Gasteiger partial charge in [-0.3, -0.25) is 4.79 Å². The van der Waals surface area contributed by atoms with Gasteiger partial charge >= 0.3 is 0 Å². The number of hydrogen-bond donors (Lipinski definition) is 2. The molecule has 0 saturated heterocycles. The number of carbonyl (C=O) groups is 1. The topological polar surface area (TPSA) is 57.5 Å². The Labute approximate surface area is 109 Å². The van der Waals surface area contributed by atoms with E-state index in [4.69, 9.17) is 9.90 Å². The number of aliphatic hydroxyl groups excluding tert-OH is 1. The quantitative estimate of drug-likeness (QED) is 0.842. The van der Waals surface area contributed by atoms with Gasteiger partial charge < -0.3 is 10.2 Å². The van der Waals surface area contributed by atoms with Crippen molar-refractivity contribution >= 4 is 12.0 Å². The van der Waals surface area contributed by atoms with Crippen LogP contribution < -0.4 is 0 Å². The van der Waals surface area contributed by atoms with E-state index in [1.165, 1.54) is 0 Å². The molecule has 18 heavy (non-hydrogen) atoms. The Morgan fingerprint density at radius 1 is 1.33 bits per heavy atom. The molecule has 1 unspecified atom stereocenters. The fourth-order valence-corrected chi connectivity index (χ4v) is 1.30. The van der Waals surface area contributed by atoms with Gasteiger partial charge in [0.1, 0.15) is 0 Å². The van der Waals surface area contributed by atoms with E-state index < -0.39 is 5.97 Å². The molecule has 1 rings (SSSR count). The molecule has 3 heteroatoms. The molecule has 0 aliphatic rings. The summed E-state index contributed by atoms with van der Waals surface area (Å²) in [5.41, 5.74) is 1.14. The van der Waals surface area contributed by atoms with Crippen LogP contribution in [0.5, 0.6) is 0 Å². The van der Waals surface area contributed by atoms with Crippen molar-refractivity contribution in [2.24, 2.45) is 0 Å². The maximum absolute atomic E-state index is 9.55. The minimum absolute atomic E-state index is 0.296. The van der Waals surface area contributed by atoms with Gasteiger partial charge in [-0.1, -0.05) is 62.2 Å². The van der Waals surface area contributed by atoms with Gasteiger partial charge in [0.15, 0.2) is 0 Å². The summed E-state index contributed by atoms with van der Waals surface area (Å²) in [6, 6.07) is 10.0. The van der Waals surface area contributed by atoms with Crippen molar-refractivity contribution in [1.82, 2.24) is 0 Å². The monoisotopic (exact) mass is 250 g/mol. The molecular formula is C15H22O3. The van der Waals surface area contributed by atoms with E-state index in [1.54, 1.807) is 0 Å². The Morgan fingerprint density at radius 3 is 2.39 bits per heavy atom. The zero-order valence-corrected chi connectivity index (χ0v) is 11.0. The lowest BCUT2D eigenvalue weighted by Crippen LogP contribution is -2.00. The number of rotatable bonds is 5. The first-order valence-corrected chi connectivity index (χ1v) is 6.17. The van der Waals surface area contributed by atoms with E-state index in [2.05, 4.69) is 6.92 Å². The van der Waals surface area contributed by atoms with Crippen molar-refractivity contribution in [1.29, 1.82) is 0 Å². The molecule has 0 spiro atoms. The van der Waals surface area contributed by atoms with Gasteiger partial charge in [-0.05, 0) is 12.0 Å². The molecule has 1 atom stereocenters. The molecular weight excluding hydrogens is 228 g/mol. The van der Waals surface area contributed by atoms with Gasteiger partial charge in [0.25, 0.3) is 5.97 Å². The van der Waals surface area contributed by atoms with Gasteiger partial charge in [-0.25, -0.2) is 0 Å². The van der Waals surface area contributed by atoms with E-state index >= 15 is 0 Å². The molecule has 1 aromatic carbocycles. The highest BCUT2D eigenvalue weighted by Crippen LogP contribution is 2.06. The summed E-state index contributed by atoms with van der Waals surface area (Å²) in [7, 11) is 0. The minimum Gasteiger partial charge on any atom is -0.481 e. The number of aliphatic carboxylic acids is 1. The van der Waals surface area contributed by atoms with Crippen LogP contribution in [-0.2, 0) is 4.79 Å². The molecule has 3 nitrogen and oxygen atoms in total. The highest BCUT2D eigenvalue weighted by molar-refractivity contribution is 5.62. The van der Waals surface area contributed by atoms with Crippen LogP contribution in [0.25, 0.3) is 6.08 Å². The lowest BCUT2D eigenvalue weighted by atomic mass is 10.1. The Hall–Kier alpha value is -1.61. The Bertz CT molecular complexity index is 340. The standard InChI is InChI=1S/C13H18O.C2H4O2/c1-2-3-9-13(14)11-10-12-7-5-4-6-8-12;1-2(3)4/h4-8,10-11,13-14H,2-3,9H2,1H3;1H3,(H,3,4). The van der Waals surface area contributed by atoms with E-state index in [9.17, 15) is 5.11 Å². The van der Waals surface area contributed by atoms with Crippen LogP contribution in [-0.4, -0.2) is 22.3 Å². The maximum atomic E-state index is 9.55. The summed E-state index contributed by atoms with van der Waals surface area (Å²) in [4.78, 5) is 9.00. The molecule has 0 amide bonds. The van der Waals surface area contributed by atoms with Crippen LogP contribution in [0, 0.1) is 0 Å². The second-order valence-corrected chi connectivity index (χ2v) is 4.00. The van der Waals surface area contributed by atoms with E-state index in [0.29, 0.717) is 0 Å². The highest BCUT2D eigenvalue weighted by atomic mass is 16.4. The SMILES string of the molecule is CC(=O)O.CCCCC(O)C=Cc1ccccc1. The largest absolute Gasteiger partial charge is 0.481 e. The molecule has 0 radical (unpaired) electrons. The van der Waals surface area contributed by atoms with Crippen molar-refractivity contribution < 1.29 is 15.0 Å². The van der Waals surface area contributed by atoms with Crippen molar-refractivity contribution in [2.75, 3.05) is 0 Å². The first kappa shape index (κ1) is 16.4. The van der Waals surface area contributed by atoms with Gasteiger partial charge in [0.05, 0.1) is 6.10 Å². The number of aliphatic hydroxyl groups is 1. The lowest BCUT2D eigenvalue weighted by Gasteiger charge is -2.02. The number of benzene rings is 1. The van der Waals surface area contributed by atoms with E-state index in [0.717, 1.165) is 31.7 Å².